The van der Waals surface area contributed by atoms with Crippen LogP contribution in [0, 0.1) is 13.8 Å². The molecule has 0 saturated heterocycles. The number of aromatic nitrogens is 2. The lowest BCUT2D eigenvalue weighted by atomic mass is 9.84. The van der Waals surface area contributed by atoms with Gasteiger partial charge in [0, 0.05) is 12.1 Å². The molecule has 1 heterocycles. The zero-order valence-electron chi connectivity index (χ0n) is 22.3. The Balaban J connectivity index is 1.78. The van der Waals surface area contributed by atoms with Crippen LogP contribution < -0.4 is 5.32 Å². The summed E-state index contributed by atoms with van der Waals surface area (Å²) in [7, 11) is 0. The molecule has 0 radical (unpaired) electrons. The Labute approximate surface area is 219 Å². The van der Waals surface area contributed by atoms with Crippen LogP contribution in [0.5, 0.6) is 0 Å². The molecule has 0 saturated carbocycles. The predicted octanol–water partition coefficient (Wildman–Crippen LogP) is 7.22. The van der Waals surface area contributed by atoms with Crippen LogP contribution in [-0.2, 0) is 12.0 Å². The number of nitrogens with one attached hydrogen (secondary N) is 1. The highest BCUT2D eigenvalue weighted by molar-refractivity contribution is 7.98. The standard InChI is InChI=1S/C31H37N3OS/c1-21-18-24(31(3,4)5)19-22(2)25(21)20-34-28-15-11-10-14-26(28)32-29(34)27(16-17-36-6)33-30(35)23-12-8-7-9-13-23/h7-15,18-19,27H,16-17,20H2,1-6H3,(H,33,35). The number of aryl methyl sites for hydroxylation is 2. The van der Waals surface area contributed by atoms with Gasteiger partial charge in [-0.15, -0.1) is 0 Å². The smallest absolute Gasteiger partial charge is 0.251 e. The average Bonchev–Trinajstić information content (AvgIpc) is 3.22. The summed E-state index contributed by atoms with van der Waals surface area (Å²) in [6.07, 6.45) is 2.91. The van der Waals surface area contributed by atoms with Crippen LogP contribution >= 0.6 is 11.8 Å². The molecule has 0 fully saturated rings. The van der Waals surface area contributed by atoms with Crippen molar-refractivity contribution in [1.29, 1.82) is 0 Å². The molecule has 36 heavy (non-hydrogen) atoms. The van der Waals surface area contributed by atoms with Crippen LogP contribution in [0.4, 0.5) is 0 Å². The maximum atomic E-state index is 13.2. The zero-order chi connectivity index (χ0) is 25.9. The second-order valence-electron chi connectivity index (χ2n) is 10.6. The normalized spacial score (nSPS) is 12.6. The number of para-hydroxylation sites is 2. The zero-order valence-corrected chi connectivity index (χ0v) is 23.1. The molecular formula is C31H37N3OS. The largest absolute Gasteiger partial charge is 0.342 e. The summed E-state index contributed by atoms with van der Waals surface area (Å²) in [4.78, 5) is 18.2. The molecule has 4 rings (SSSR count). The maximum Gasteiger partial charge on any atom is 0.251 e. The van der Waals surface area contributed by atoms with E-state index in [-0.39, 0.29) is 17.4 Å². The van der Waals surface area contributed by atoms with E-state index in [0.29, 0.717) is 5.56 Å². The van der Waals surface area contributed by atoms with Gasteiger partial charge in [0.1, 0.15) is 5.82 Å². The number of rotatable bonds is 8. The van der Waals surface area contributed by atoms with Gasteiger partial charge in [0.25, 0.3) is 5.91 Å². The molecule has 0 spiro atoms. The third-order valence-corrected chi connectivity index (χ3v) is 7.47. The summed E-state index contributed by atoms with van der Waals surface area (Å²) in [6.45, 7) is 11.9. The van der Waals surface area contributed by atoms with Crippen molar-refractivity contribution in [2.45, 2.75) is 59.0 Å². The van der Waals surface area contributed by atoms with Crippen LogP contribution in [-0.4, -0.2) is 27.5 Å². The number of amides is 1. The van der Waals surface area contributed by atoms with Crippen LogP contribution in [0.3, 0.4) is 0 Å². The molecule has 0 aliphatic rings. The number of thioether (sulfide) groups is 1. The van der Waals surface area contributed by atoms with Gasteiger partial charge >= 0.3 is 0 Å². The Bertz CT molecular complexity index is 1330. The molecule has 1 amide bonds. The molecule has 1 N–H and O–H groups in total. The van der Waals surface area contributed by atoms with Gasteiger partial charge in [0.05, 0.1) is 17.1 Å². The number of carbonyl (C=O) groups excluding carboxylic acids is 1. The first-order valence-electron chi connectivity index (χ1n) is 12.6. The third kappa shape index (κ3) is 5.67. The Morgan fingerprint density at radius 3 is 2.28 bits per heavy atom. The van der Waals surface area contributed by atoms with Gasteiger partial charge in [-0.25, -0.2) is 4.98 Å². The highest BCUT2D eigenvalue weighted by Gasteiger charge is 2.24. The van der Waals surface area contributed by atoms with E-state index in [4.69, 9.17) is 4.98 Å². The minimum atomic E-state index is -0.188. The fourth-order valence-electron chi connectivity index (χ4n) is 4.69. The number of carbonyl (C=O) groups is 1. The van der Waals surface area contributed by atoms with Gasteiger partial charge < -0.3 is 9.88 Å². The minimum absolute atomic E-state index is 0.0674. The Hall–Kier alpha value is -3.05. The van der Waals surface area contributed by atoms with Crippen molar-refractivity contribution >= 4 is 28.7 Å². The van der Waals surface area contributed by atoms with Crippen LogP contribution in [0.1, 0.15) is 71.7 Å². The van der Waals surface area contributed by atoms with Crippen molar-refractivity contribution in [1.82, 2.24) is 14.9 Å². The summed E-state index contributed by atoms with van der Waals surface area (Å²) in [5.41, 5.74) is 8.06. The molecule has 0 aliphatic carbocycles. The summed E-state index contributed by atoms with van der Waals surface area (Å²) in [5.74, 6) is 1.77. The average molecular weight is 500 g/mol. The predicted molar refractivity (Wildman–Crippen MR) is 153 cm³/mol. The van der Waals surface area contributed by atoms with Crippen molar-refractivity contribution in [2.75, 3.05) is 12.0 Å². The van der Waals surface area contributed by atoms with Gasteiger partial charge in [-0.2, -0.15) is 11.8 Å². The van der Waals surface area contributed by atoms with Gasteiger partial charge in [0.15, 0.2) is 0 Å². The van der Waals surface area contributed by atoms with Crippen molar-refractivity contribution in [3.8, 4) is 0 Å². The monoisotopic (exact) mass is 499 g/mol. The molecule has 1 atom stereocenters. The molecule has 5 heteroatoms. The van der Waals surface area contributed by atoms with Gasteiger partial charge in [-0.1, -0.05) is 63.2 Å². The molecule has 0 bridgehead atoms. The van der Waals surface area contributed by atoms with E-state index in [9.17, 15) is 4.79 Å². The fourth-order valence-corrected chi connectivity index (χ4v) is 5.16. The van der Waals surface area contributed by atoms with Crippen LogP contribution in [0.2, 0.25) is 0 Å². The number of nitrogens with zero attached hydrogens (tertiary/aromatic N) is 2. The van der Waals surface area contributed by atoms with E-state index >= 15 is 0 Å². The van der Waals surface area contributed by atoms with Crippen molar-refractivity contribution in [3.05, 3.63) is 100 Å². The molecule has 4 nitrogen and oxygen atoms in total. The summed E-state index contributed by atoms with van der Waals surface area (Å²) >= 11 is 1.78. The number of fused-ring (bicyclic) bond motifs is 1. The van der Waals surface area contributed by atoms with Gasteiger partial charge in [-0.05, 0) is 84.2 Å². The number of hydrogen-bond donors (Lipinski definition) is 1. The Morgan fingerprint density at radius 2 is 1.64 bits per heavy atom. The third-order valence-electron chi connectivity index (χ3n) is 6.83. The van der Waals surface area contributed by atoms with Crippen LogP contribution in [0.25, 0.3) is 11.0 Å². The first kappa shape index (κ1) is 26.0. The van der Waals surface area contributed by atoms with E-state index in [1.54, 1.807) is 11.8 Å². The molecular weight excluding hydrogens is 462 g/mol. The number of hydrogen-bond acceptors (Lipinski definition) is 3. The Morgan fingerprint density at radius 1 is 1.00 bits per heavy atom. The lowest BCUT2D eigenvalue weighted by molar-refractivity contribution is 0.0933. The maximum absolute atomic E-state index is 13.2. The van der Waals surface area contributed by atoms with E-state index in [0.717, 1.165) is 35.6 Å². The number of imidazole rings is 1. The fraction of sp³-hybridized carbons (Fsp3) is 0.355. The van der Waals surface area contributed by atoms with Crippen molar-refractivity contribution in [2.24, 2.45) is 0 Å². The molecule has 1 aromatic heterocycles. The van der Waals surface area contributed by atoms with Gasteiger partial charge in [0.2, 0.25) is 0 Å². The second kappa shape index (κ2) is 10.9. The summed E-state index contributed by atoms with van der Waals surface area (Å²) in [6, 6.07) is 22.2. The summed E-state index contributed by atoms with van der Waals surface area (Å²) in [5, 5.41) is 3.29. The minimum Gasteiger partial charge on any atom is -0.342 e. The molecule has 4 aromatic rings. The molecule has 0 aliphatic heterocycles. The lowest BCUT2D eigenvalue weighted by Crippen LogP contribution is -2.31. The lowest BCUT2D eigenvalue weighted by Gasteiger charge is -2.24. The van der Waals surface area contributed by atoms with Crippen LogP contribution in [0.15, 0.2) is 66.7 Å². The van der Waals surface area contributed by atoms with E-state index in [1.165, 1.54) is 22.3 Å². The molecule has 1 unspecified atom stereocenters. The highest BCUT2D eigenvalue weighted by atomic mass is 32.2. The topological polar surface area (TPSA) is 46.9 Å². The van der Waals surface area contributed by atoms with E-state index in [1.807, 2.05) is 36.4 Å². The SMILES string of the molecule is CSCCC(NC(=O)c1ccccc1)c1nc2ccccc2n1Cc1c(C)cc(C(C)(C)C)cc1C. The second-order valence-corrected chi connectivity index (χ2v) is 11.5. The van der Waals surface area contributed by atoms with E-state index in [2.05, 4.69) is 81.1 Å². The summed E-state index contributed by atoms with van der Waals surface area (Å²) < 4.78 is 2.30. The first-order chi connectivity index (χ1) is 17.2. The van der Waals surface area contributed by atoms with E-state index < -0.39 is 0 Å². The quantitative estimate of drug-likeness (QED) is 0.278. The highest BCUT2D eigenvalue weighted by Crippen LogP contribution is 2.30. The molecule has 188 valence electrons. The first-order valence-corrected chi connectivity index (χ1v) is 14.0. The Kier molecular flexibility index (Phi) is 7.89. The molecule has 3 aromatic carbocycles. The van der Waals surface area contributed by atoms with Crippen molar-refractivity contribution in [3.63, 3.8) is 0 Å². The van der Waals surface area contributed by atoms with Crippen molar-refractivity contribution < 1.29 is 4.79 Å². The number of benzene rings is 3. The van der Waals surface area contributed by atoms with Gasteiger partial charge in [-0.3, -0.25) is 4.79 Å².